The molecule has 2 rings (SSSR count). The zero-order valence-corrected chi connectivity index (χ0v) is 13.1. The lowest BCUT2D eigenvalue weighted by Crippen LogP contribution is -2.19. The third kappa shape index (κ3) is 3.62. The summed E-state index contributed by atoms with van der Waals surface area (Å²) in [6.07, 6.45) is 0.927. The molecule has 1 heterocycles. The minimum Gasteiger partial charge on any atom is -0.308 e. The molecule has 1 N–H and O–H groups in total. The lowest BCUT2D eigenvalue weighted by molar-refractivity contribution is -0.384. The molecule has 21 heavy (non-hydrogen) atoms. The number of benzene rings is 1. The van der Waals surface area contributed by atoms with Crippen molar-refractivity contribution in [1.29, 1.82) is 0 Å². The van der Waals surface area contributed by atoms with Crippen LogP contribution in [0.3, 0.4) is 0 Å². The van der Waals surface area contributed by atoms with Gasteiger partial charge in [-0.2, -0.15) is 0 Å². The Morgan fingerprint density at radius 3 is 2.71 bits per heavy atom. The summed E-state index contributed by atoms with van der Waals surface area (Å²) in [5.41, 5.74) is 1.67. The van der Waals surface area contributed by atoms with Crippen LogP contribution >= 0.6 is 11.3 Å². The largest absolute Gasteiger partial charge is 0.308 e. The highest BCUT2D eigenvalue weighted by molar-refractivity contribution is 7.14. The molecule has 0 aliphatic rings. The highest BCUT2D eigenvalue weighted by Gasteiger charge is 2.16. The molecule has 0 aliphatic heterocycles. The zero-order chi connectivity index (χ0) is 15.4. The van der Waals surface area contributed by atoms with Crippen LogP contribution in [0.25, 0.3) is 10.6 Å². The van der Waals surface area contributed by atoms with Gasteiger partial charge >= 0.3 is 0 Å². The van der Waals surface area contributed by atoms with Crippen LogP contribution in [-0.4, -0.2) is 21.7 Å². The average molecular weight is 306 g/mol. The predicted molar refractivity (Wildman–Crippen MR) is 83.4 cm³/mol. The Labute approximate surface area is 127 Å². The fourth-order valence-corrected chi connectivity index (χ4v) is 3.13. The van der Waals surface area contributed by atoms with Crippen LogP contribution in [0, 0.1) is 17.0 Å². The van der Waals surface area contributed by atoms with Gasteiger partial charge in [-0.3, -0.25) is 10.1 Å². The van der Waals surface area contributed by atoms with E-state index in [1.807, 2.05) is 13.0 Å². The van der Waals surface area contributed by atoms with Gasteiger partial charge in [-0.15, -0.1) is 10.2 Å². The third-order valence-corrected chi connectivity index (χ3v) is 4.20. The van der Waals surface area contributed by atoms with Crippen LogP contribution in [0.5, 0.6) is 0 Å². The number of nitro benzene ring substituents is 1. The van der Waals surface area contributed by atoms with E-state index in [1.54, 1.807) is 12.1 Å². The average Bonchev–Trinajstić information content (AvgIpc) is 2.93. The van der Waals surface area contributed by atoms with Gasteiger partial charge in [-0.25, -0.2) is 0 Å². The molecule has 0 bridgehead atoms. The number of aromatic nitrogens is 2. The molecule has 1 atom stereocenters. The molecule has 1 aromatic heterocycles. The van der Waals surface area contributed by atoms with E-state index in [9.17, 15) is 10.1 Å². The van der Waals surface area contributed by atoms with Crippen molar-refractivity contribution in [2.75, 3.05) is 6.54 Å². The Morgan fingerprint density at radius 2 is 2.10 bits per heavy atom. The molecular weight excluding hydrogens is 288 g/mol. The van der Waals surface area contributed by atoms with Crippen molar-refractivity contribution in [2.24, 2.45) is 0 Å². The number of hydrogen-bond donors (Lipinski definition) is 1. The third-order valence-electron chi connectivity index (χ3n) is 3.12. The summed E-state index contributed by atoms with van der Waals surface area (Å²) in [6, 6.07) is 5.18. The summed E-state index contributed by atoms with van der Waals surface area (Å²) in [5, 5.41) is 24.3. The fourth-order valence-electron chi connectivity index (χ4n) is 2.14. The van der Waals surface area contributed by atoms with E-state index in [0.29, 0.717) is 5.01 Å². The Hall–Kier alpha value is -1.86. The SMILES string of the molecule is CCNC(CC)c1nnc(-c2cc(C)cc([N+](=O)[O-])c2)s1. The molecule has 0 saturated carbocycles. The van der Waals surface area contributed by atoms with Gasteiger partial charge in [0.1, 0.15) is 10.0 Å². The van der Waals surface area contributed by atoms with E-state index in [-0.39, 0.29) is 16.7 Å². The van der Waals surface area contributed by atoms with E-state index in [1.165, 1.54) is 11.3 Å². The van der Waals surface area contributed by atoms with E-state index in [4.69, 9.17) is 0 Å². The van der Waals surface area contributed by atoms with Gasteiger partial charge < -0.3 is 5.32 Å². The first-order chi connectivity index (χ1) is 10.0. The maximum atomic E-state index is 10.9. The van der Waals surface area contributed by atoms with Crippen LogP contribution in [0.2, 0.25) is 0 Å². The number of non-ortho nitro benzene ring substituents is 1. The van der Waals surface area contributed by atoms with Crippen molar-refractivity contribution in [3.8, 4) is 10.6 Å². The lowest BCUT2D eigenvalue weighted by atomic mass is 10.1. The Morgan fingerprint density at radius 1 is 1.33 bits per heavy atom. The van der Waals surface area contributed by atoms with Gasteiger partial charge in [0.2, 0.25) is 0 Å². The molecule has 0 saturated heterocycles. The number of nitrogens with one attached hydrogen (secondary N) is 1. The summed E-state index contributed by atoms with van der Waals surface area (Å²) in [7, 11) is 0. The van der Waals surface area contributed by atoms with Crippen LogP contribution < -0.4 is 5.32 Å². The second kappa shape index (κ2) is 6.73. The molecule has 0 amide bonds. The van der Waals surface area contributed by atoms with E-state index in [2.05, 4.69) is 29.4 Å². The van der Waals surface area contributed by atoms with Gasteiger partial charge in [0.15, 0.2) is 0 Å². The van der Waals surface area contributed by atoms with Gasteiger partial charge in [0.25, 0.3) is 5.69 Å². The first-order valence-electron chi connectivity index (χ1n) is 6.88. The first-order valence-corrected chi connectivity index (χ1v) is 7.70. The molecule has 0 fully saturated rings. The molecule has 0 spiro atoms. The first kappa shape index (κ1) is 15.5. The minimum atomic E-state index is -0.383. The molecule has 6 nitrogen and oxygen atoms in total. The second-order valence-corrected chi connectivity index (χ2v) is 5.79. The molecule has 0 radical (unpaired) electrons. The quantitative estimate of drug-likeness (QED) is 0.652. The van der Waals surface area contributed by atoms with Gasteiger partial charge in [0.05, 0.1) is 11.0 Å². The normalized spacial score (nSPS) is 12.3. The van der Waals surface area contributed by atoms with Crippen molar-refractivity contribution in [1.82, 2.24) is 15.5 Å². The Kier molecular flexibility index (Phi) is 4.98. The minimum absolute atomic E-state index is 0.0838. The molecule has 112 valence electrons. The zero-order valence-electron chi connectivity index (χ0n) is 12.3. The molecule has 2 aromatic rings. The van der Waals surface area contributed by atoms with E-state index >= 15 is 0 Å². The standard InChI is InChI=1S/C14H18N4O2S/c1-4-12(15-5-2)14-17-16-13(21-14)10-6-9(3)7-11(8-10)18(19)20/h6-8,12,15H,4-5H2,1-3H3. The molecule has 1 unspecified atom stereocenters. The maximum Gasteiger partial charge on any atom is 0.270 e. The lowest BCUT2D eigenvalue weighted by Gasteiger charge is -2.10. The molecule has 7 heteroatoms. The van der Waals surface area contributed by atoms with Gasteiger partial charge in [-0.05, 0) is 31.5 Å². The van der Waals surface area contributed by atoms with Crippen LogP contribution in [0.15, 0.2) is 18.2 Å². The van der Waals surface area contributed by atoms with E-state index in [0.717, 1.165) is 29.1 Å². The molecule has 0 aliphatic carbocycles. The summed E-state index contributed by atoms with van der Waals surface area (Å²) in [6.45, 7) is 6.84. The number of hydrogen-bond acceptors (Lipinski definition) is 6. The maximum absolute atomic E-state index is 10.9. The Bertz CT molecular complexity index is 642. The Balaban J connectivity index is 2.35. The van der Waals surface area contributed by atoms with Crippen molar-refractivity contribution in [3.05, 3.63) is 38.9 Å². The number of rotatable bonds is 6. The van der Waals surface area contributed by atoms with Crippen molar-refractivity contribution in [3.63, 3.8) is 0 Å². The second-order valence-electron chi connectivity index (χ2n) is 4.78. The number of aryl methyl sites for hydroxylation is 1. The monoisotopic (exact) mass is 306 g/mol. The van der Waals surface area contributed by atoms with Crippen molar-refractivity contribution < 1.29 is 4.92 Å². The summed E-state index contributed by atoms with van der Waals surface area (Å²) < 4.78 is 0. The highest BCUT2D eigenvalue weighted by atomic mass is 32.1. The molecular formula is C14H18N4O2S. The van der Waals surface area contributed by atoms with Crippen molar-refractivity contribution in [2.45, 2.75) is 33.2 Å². The smallest absolute Gasteiger partial charge is 0.270 e. The summed E-state index contributed by atoms with van der Waals surface area (Å²) in [5.74, 6) is 0. The van der Waals surface area contributed by atoms with Crippen LogP contribution in [0.4, 0.5) is 5.69 Å². The van der Waals surface area contributed by atoms with Crippen molar-refractivity contribution >= 4 is 17.0 Å². The summed E-state index contributed by atoms with van der Waals surface area (Å²) in [4.78, 5) is 10.6. The van der Waals surface area contributed by atoms with E-state index < -0.39 is 0 Å². The molecule has 1 aromatic carbocycles. The van der Waals surface area contributed by atoms with Gasteiger partial charge in [-0.1, -0.05) is 25.2 Å². The number of nitrogens with zero attached hydrogens (tertiary/aromatic N) is 3. The predicted octanol–water partition coefficient (Wildman–Crippen LogP) is 3.48. The van der Waals surface area contributed by atoms with Crippen LogP contribution in [-0.2, 0) is 0 Å². The fraction of sp³-hybridized carbons (Fsp3) is 0.429. The highest BCUT2D eigenvalue weighted by Crippen LogP contribution is 2.30. The number of nitro groups is 1. The summed E-state index contributed by atoms with van der Waals surface area (Å²) >= 11 is 1.48. The topological polar surface area (TPSA) is 81.0 Å². The van der Waals surface area contributed by atoms with Gasteiger partial charge in [0, 0.05) is 17.7 Å². The van der Waals surface area contributed by atoms with Crippen LogP contribution in [0.1, 0.15) is 36.9 Å².